The fourth-order valence-electron chi connectivity index (χ4n) is 3.07. The van der Waals surface area contributed by atoms with Gasteiger partial charge in [-0.05, 0) is 13.8 Å². The summed E-state index contributed by atoms with van der Waals surface area (Å²) in [6.07, 6.45) is -0.797. The molecule has 1 aliphatic rings. The van der Waals surface area contributed by atoms with Crippen molar-refractivity contribution in [3.63, 3.8) is 0 Å². The number of aromatic nitrogens is 4. The van der Waals surface area contributed by atoms with Gasteiger partial charge in [0, 0.05) is 33.2 Å². The first-order valence-electron chi connectivity index (χ1n) is 8.83. The number of aliphatic hydroxyl groups excluding tert-OH is 1. The van der Waals surface area contributed by atoms with Crippen LogP contribution < -0.4 is 21.5 Å². The number of ether oxygens (including phenoxy) is 1. The summed E-state index contributed by atoms with van der Waals surface area (Å²) < 4.78 is 8.48. The Bertz CT molecular complexity index is 877. The highest BCUT2D eigenvalue weighted by atomic mass is 16.5. The number of aliphatic hydroxyl groups is 1. The topological polar surface area (TPSA) is 117 Å². The van der Waals surface area contributed by atoms with E-state index in [0.717, 1.165) is 26.2 Å². The summed E-state index contributed by atoms with van der Waals surface area (Å²) in [4.78, 5) is 33.3. The van der Waals surface area contributed by atoms with Crippen molar-refractivity contribution in [2.24, 2.45) is 7.05 Å². The molecule has 3 heterocycles. The van der Waals surface area contributed by atoms with Crippen LogP contribution in [0.25, 0.3) is 11.2 Å². The van der Waals surface area contributed by atoms with Crippen LogP contribution >= 0.6 is 0 Å². The van der Waals surface area contributed by atoms with Crippen LogP contribution in [0.5, 0.6) is 0 Å². The number of aryl methyl sites for hydroxylation is 1. The second-order valence-electron chi connectivity index (χ2n) is 6.79. The normalized spacial score (nSPS) is 16.6. The van der Waals surface area contributed by atoms with Crippen molar-refractivity contribution in [3.05, 3.63) is 20.8 Å². The third kappa shape index (κ3) is 3.67. The predicted octanol–water partition coefficient (Wildman–Crippen LogP) is -1.38. The van der Waals surface area contributed by atoms with E-state index in [-0.39, 0.29) is 24.8 Å². The predicted molar refractivity (Wildman–Crippen MR) is 97.8 cm³/mol. The van der Waals surface area contributed by atoms with Gasteiger partial charge in [-0.2, -0.15) is 4.98 Å². The molecule has 2 aromatic rings. The van der Waals surface area contributed by atoms with E-state index in [1.165, 1.54) is 4.57 Å². The number of rotatable bonds is 6. The largest absolute Gasteiger partial charge is 0.389 e. The van der Waals surface area contributed by atoms with Crippen molar-refractivity contribution in [1.82, 2.24) is 24.4 Å². The van der Waals surface area contributed by atoms with Gasteiger partial charge in [-0.1, -0.05) is 0 Å². The Balaban J connectivity index is 2.06. The minimum absolute atomic E-state index is 0.000968. The number of fused-ring (bicyclic) bond motifs is 1. The molecule has 10 nitrogen and oxygen atoms in total. The van der Waals surface area contributed by atoms with Gasteiger partial charge in [0.15, 0.2) is 11.2 Å². The van der Waals surface area contributed by atoms with E-state index in [2.05, 4.69) is 20.2 Å². The molecule has 0 amide bonds. The lowest BCUT2D eigenvalue weighted by atomic mass is 10.3. The first kappa shape index (κ1) is 18.6. The van der Waals surface area contributed by atoms with Crippen LogP contribution in [0.4, 0.5) is 5.95 Å². The number of hydrogen-bond donors (Lipinski definition) is 3. The standard InChI is InChI=1S/C16H26N6O4/c1-10(2)26-9-11(23)8-22-12-13(20(3)16(25)19-14(12)24)18-15(22)21-6-4-17-5-7-21/h10-11,17,23H,4-9H2,1-3H3,(H,19,24,25)/t11-/m1/s1. The second kappa shape index (κ2) is 7.60. The van der Waals surface area contributed by atoms with Gasteiger partial charge in [-0.3, -0.25) is 14.3 Å². The number of anilines is 1. The maximum atomic E-state index is 12.4. The molecule has 2 aromatic heterocycles. The molecule has 3 rings (SSSR count). The summed E-state index contributed by atoms with van der Waals surface area (Å²) in [7, 11) is 1.57. The summed E-state index contributed by atoms with van der Waals surface area (Å²) in [5.41, 5.74) is -0.426. The Labute approximate surface area is 150 Å². The van der Waals surface area contributed by atoms with E-state index in [1.54, 1.807) is 11.6 Å². The molecular formula is C16H26N6O4. The zero-order chi connectivity index (χ0) is 18.8. The molecule has 1 saturated heterocycles. The maximum Gasteiger partial charge on any atom is 0.329 e. The fraction of sp³-hybridized carbons (Fsp3) is 0.688. The molecule has 1 fully saturated rings. The van der Waals surface area contributed by atoms with Crippen molar-refractivity contribution in [2.75, 3.05) is 37.7 Å². The molecule has 0 radical (unpaired) electrons. The molecule has 1 aliphatic heterocycles. The maximum absolute atomic E-state index is 12.4. The molecule has 0 unspecified atom stereocenters. The highest BCUT2D eigenvalue weighted by molar-refractivity contribution is 5.74. The average Bonchev–Trinajstić information content (AvgIpc) is 2.98. The van der Waals surface area contributed by atoms with Crippen molar-refractivity contribution >= 4 is 17.1 Å². The van der Waals surface area contributed by atoms with Crippen molar-refractivity contribution < 1.29 is 9.84 Å². The van der Waals surface area contributed by atoms with Gasteiger partial charge in [-0.15, -0.1) is 0 Å². The highest BCUT2D eigenvalue weighted by Crippen LogP contribution is 2.20. The van der Waals surface area contributed by atoms with E-state index >= 15 is 0 Å². The molecule has 26 heavy (non-hydrogen) atoms. The van der Waals surface area contributed by atoms with E-state index in [9.17, 15) is 14.7 Å². The average molecular weight is 366 g/mol. The number of imidazole rings is 1. The van der Waals surface area contributed by atoms with Gasteiger partial charge < -0.3 is 24.6 Å². The van der Waals surface area contributed by atoms with Crippen LogP contribution in [0.2, 0.25) is 0 Å². The van der Waals surface area contributed by atoms with E-state index in [1.807, 2.05) is 13.8 Å². The lowest BCUT2D eigenvalue weighted by Gasteiger charge is -2.29. The Morgan fingerprint density at radius 3 is 2.62 bits per heavy atom. The second-order valence-corrected chi connectivity index (χ2v) is 6.79. The number of nitrogens with one attached hydrogen (secondary N) is 2. The summed E-state index contributed by atoms with van der Waals surface area (Å²) in [5, 5.41) is 13.7. The molecule has 0 bridgehead atoms. The minimum atomic E-state index is -0.798. The van der Waals surface area contributed by atoms with Crippen molar-refractivity contribution in [3.8, 4) is 0 Å². The number of H-pyrrole nitrogens is 1. The van der Waals surface area contributed by atoms with Crippen LogP contribution in [0.3, 0.4) is 0 Å². The van der Waals surface area contributed by atoms with Gasteiger partial charge in [0.2, 0.25) is 5.95 Å². The number of piperazine rings is 1. The van der Waals surface area contributed by atoms with Crippen molar-refractivity contribution in [2.45, 2.75) is 32.6 Å². The van der Waals surface area contributed by atoms with Crippen LogP contribution in [0.15, 0.2) is 9.59 Å². The monoisotopic (exact) mass is 366 g/mol. The summed E-state index contributed by atoms with van der Waals surface area (Å²) in [6.45, 7) is 7.17. The number of hydrogen-bond acceptors (Lipinski definition) is 7. The van der Waals surface area contributed by atoms with Gasteiger partial charge in [0.25, 0.3) is 5.56 Å². The van der Waals surface area contributed by atoms with Crippen LogP contribution in [-0.4, -0.2) is 69.2 Å². The van der Waals surface area contributed by atoms with Gasteiger partial charge in [0.1, 0.15) is 0 Å². The molecular weight excluding hydrogens is 340 g/mol. The van der Waals surface area contributed by atoms with Gasteiger partial charge in [-0.25, -0.2) is 4.79 Å². The third-order valence-electron chi connectivity index (χ3n) is 4.40. The number of nitrogens with zero attached hydrogens (tertiary/aromatic N) is 4. The summed E-state index contributed by atoms with van der Waals surface area (Å²) >= 11 is 0. The Hall–Kier alpha value is -2.17. The summed E-state index contributed by atoms with van der Waals surface area (Å²) in [5.74, 6) is 0.580. The van der Waals surface area contributed by atoms with Gasteiger partial charge >= 0.3 is 5.69 Å². The SMILES string of the molecule is CC(C)OC[C@H](O)Cn1c(N2CCNCC2)nc2c1c(=O)[nH]c(=O)n2C. The Morgan fingerprint density at radius 1 is 1.27 bits per heavy atom. The Kier molecular flexibility index (Phi) is 5.44. The van der Waals surface area contributed by atoms with Crippen LogP contribution in [-0.2, 0) is 18.3 Å². The van der Waals surface area contributed by atoms with E-state index in [0.29, 0.717) is 11.6 Å². The molecule has 3 N–H and O–H groups in total. The smallest absolute Gasteiger partial charge is 0.329 e. The molecule has 0 spiro atoms. The minimum Gasteiger partial charge on any atom is -0.389 e. The molecule has 0 saturated carbocycles. The van der Waals surface area contributed by atoms with Gasteiger partial charge in [0.05, 0.1) is 25.4 Å². The molecule has 1 atom stereocenters. The van der Waals surface area contributed by atoms with Crippen LogP contribution in [0, 0.1) is 0 Å². The van der Waals surface area contributed by atoms with E-state index < -0.39 is 17.4 Å². The lowest BCUT2D eigenvalue weighted by Crippen LogP contribution is -2.45. The lowest BCUT2D eigenvalue weighted by molar-refractivity contribution is -0.000182. The van der Waals surface area contributed by atoms with E-state index in [4.69, 9.17) is 4.74 Å². The summed E-state index contributed by atoms with van der Waals surface area (Å²) in [6, 6.07) is 0. The molecule has 0 aromatic carbocycles. The van der Waals surface area contributed by atoms with Crippen molar-refractivity contribution in [1.29, 1.82) is 0 Å². The Morgan fingerprint density at radius 2 is 1.96 bits per heavy atom. The number of aromatic amines is 1. The fourth-order valence-corrected chi connectivity index (χ4v) is 3.07. The highest BCUT2D eigenvalue weighted by Gasteiger charge is 2.24. The molecule has 10 heteroatoms. The zero-order valence-electron chi connectivity index (χ0n) is 15.4. The first-order chi connectivity index (χ1) is 12.4. The van der Waals surface area contributed by atoms with Crippen LogP contribution in [0.1, 0.15) is 13.8 Å². The first-order valence-corrected chi connectivity index (χ1v) is 8.83. The molecule has 0 aliphatic carbocycles. The molecule has 144 valence electrons. The zero-order valence-corrected chi connectivity index (χ0v) is 15.4. The third-order valence-corrected chi connectivity index (χ3v) is 4.40. The quantitative estimate of drug-likeness (QED) is 0.577.